The minimum atomic E-state index is -4.65. The Hall–Kier alpha value is -1.58. The maximum absolute atomic E-state index is 13.1. The van der Waals surface area contributed by atoms with Crippen LogP contribution in [-0.2, 0) is 6.18 Å². The number of hydrogen-bond acceptors (Lipinski definition) is 2. The van der Waals surface area contributed by atoms with E-state index in [1.165, 1.54) is 0 Å². The predicted molar refractivity (Wildman–Crippen MR) is 73.9 cm³/mol. The van der Waals surface area contributed by atoms with Gasteiger partial charge in [0.2, 0.25) is 0 Å². The zero-order valence-corrected chi connectivity index (χ0v) is 11.7. The number of rotatable bonds is 6. The lowest BCUT2D eigenvalue weighted by Gasteiger charge is -2.24. The van der Waals surface area contributed by atoms with Crippen LogP contribution in [0, 0.1) is 18.2 Å². The van der Waals surface area contributed by atoms with Crippen LogP contribution in [0.4, 0.5) is 17.6 Å². The van der Waals surface area contributed by atoms with Crippen molar-refractivity contribution in [2.24, 2.45) is 5.73 Å². The minimum absolute atomic E-state index is 0.0728. The first-order valence-corrected chi connectivity index (χ1v) is 6.62. The summed E-state index contributed by atoms with van der Waals surface area (Å²) in [5, 5.41) is 2.92. The van der Waals surface area contributed by atoms with E-state index in [2.05, 4.69) is 11.2 Å². The lowest BCUT2D eigenvalue weighted by molar-refractivity contribution is -0.138. The first-order chi connectivity index (χ1) is 9.83. The molecule has 1 rings (SSSR count). The first kappa shape index (κ1) is 17.5. The molecule has 0 spiro atoms. The van der Waals surface area contributed by atoms with Gasteiger partial charge in [-0.25, -0.2) is 4.39 Å². The Bertz CT molecular complexity index is 505. The van der Waals surface area contributed by atoms with Crippen molar-refractivity contribution in [1.82, 2.24) is 5.32 Å². The molecule has 0 fully saturated rings. The molecule has 0 radical (unpaired) electrons. The van der Waals surface area contributed by atoms with Gasteiger partial charge in [0.1, 0.15) is 5.82 Å². The van der Waals surface area contributed by atoms with Crippen molar-refractivity contribution in [3.05, 3.63) is 35.1 Å². The van der Waals surface area contributed by atoms with Gasteiger partial charge in [0.05, 0.1) is 11.6 Å². The molecule has 0 aliphatic carbocycles. The maximum Gasteiger partial charge on any atom is 0.416 e. The SMILES string of the molecule is C#CC(CCC)NC(CN)c1ccc(F)cc1C(F)(F)F. The van der Waals surface area contributed by atoms with Crippen LogP contribution in [0.1, 0.15) is 36.9 Å². The summed E-state index contributed by atoms with van der Waals surface area (Å²) in [7, 11) is 0. The molecule has 1 aromatic carbocycles. The van der Waals surface area contributed by atoms with Gasteiger partial charge in [-0.05, 0) is 24.1 Å². The first-order valence-electron chi connectivity index (χ1n) is 6.62. The molecule has 21 heavy (non-hydrogen) atoms. The van der Waals surface area contributed by atoms with E-state index in [1.54, 1.807) is 0 Å². The molecule has 0 aliphatic heterocycles. The molecule has 116 valence electrons. The highest BCUT2D eigenvalue weighted by molar-refractivity contribution is 5.33. The summed E-state index contributed by atoms with van der Waals surface area (Å²) in [5.41, 5.74) is 4.44. The van der Waals surface area contributed by atoms with Crippen molar-refractivity contribution >= 4 is 0 Å². The summed E-state index contributed by atoms with van der Waals surface area (Å²) in [4.78, 5) is 0. The second kappa shape index (κ2) is 7.43. The van der Waals surface area contributed by atoms with E-state index in [4.69, 9.17) is 12.2 Å². The lowest BCUT2D eigenvalue weighted by Crippen LogP contribution is -2.37. The Balaban J connectivity index is 3.14. The fraction of sp³-hybridized carbons (Fsp3) is 0.467. The van der Waals surface area contributed by atoms with Crippen LogP contribution in [0.3, 0.4) is 0 Å². The van der Waals surface area contributed by atoms with Crippen LogP contribution in [0.2, 0.25) is 0 Å². The molecule has 2 atom stereocenters. The highest BCUT2D eigenvalue weighted by atomic mass is 19.4. The maximum atomic E-state index is 13.1. The van der Waals surface area contributed by atoms with E-state index < -0.39 is 23.6 Å². The fourth-order valence-electron chi connectivity index (χ4n) is 2.11. The number of nitrogens with one attached hydrogen (secondary N) is 1. The van der Waals surface area contributed by atoms with Crippen LogP contribution in [0.15, 0.2) is 18.2 Å². The molecule has 0 aliphatic rings. The highest BCUT2D eigenvalue weighted by Crippen LogP contribution is 2.35. The topological polar surface area (TPSA) is 38.0 Å². The third-order valence-electron chi connectivity index (χ3n) is 3.11. The standard InChI is InChI=1S/C15H18F4N2/c1-3-5-11(4-2)21-14(9-20)12-7-6-10(16)8-13(12)15(17,18)19/h2,6-8,11,14,21H,3,5,9,20H2,1H3. The quantitative estimate of drug-likeness (QED) is 0.625. The molecular formula is C15H18F4N2. The van der Waals surface area contributed by atoms with E-state index >= 15 is 0 Å². The summed E-state index contributed by atoms with van der Waals surface area (Å²) in [6, 6.07) is 1.40. The van der Waals surface area contributed by atoms with Crippen LogP contribution in [0.5, 0.6) is 0 Å². The zero-order valence-electron chi connectivity index (χ0n) is 11.7. The highest BCUT2D eigenvalue weighted by Gasteiger charge is 2.35. The minimum Gasteiger partial charge on any atom is -0.329 e. The number of hydrogen-bond donors (Lipinski definition) is 2. The number of halogens is 4. The van der Waals surface area contributed by atoms with Crippen molar-refractivity contribution in [2.75, 3.05) is 6.54 Å². The van der Waals surface area contributed by atoms with E-state index in [-0.39, 0.29) is 18.2 Å². The second-order valence-electron chi connectivity index (χ2n) is 4.69. The smallest absolute Gasteiger partial charge is 0.329 e. The van der Waals surface area contributed by atoms with Crippen LogP contribution in [-0.4, -0.2) is 12.6 Å². The van der Waals surface area contributed by atoms with Crippen molar-refractivity contribution < 1.29 is 17.6 Å². The van der Waals surface area contributed by atoms with Gasteiger partial charge < -0.3 is 5.73 Å². The van der Waals surface area contributed by atoms with Gasteiger partial charge in [-0.1, -0.05) is 25.3 Å². The van der Waals surface area contributed by atoms with E-state index in [0.29, 0.717) is 12.5 Å². The number of benzene rings is 1. The van der Waals surface area contributed by atoms with Crippen molar-refractivity contribution in [2.45, 2.75) is 38.0 Å². The largest absolute Gasteiger partial charge is 0.416 e. The van der Waals surface area contributed by atoms with Gasteiger partial charge in [-0.3, -0.25) is 5.32 Å². The van der Waals surface area contributed by atoms with Gasteiger partial charge in [0.25, 0.3) is 0 Å². The van der Waals surface area contributed by atoms with Crippen molar-refractivity contribution in [1.29, 1.82) is 0 Å². The van der Waals surface area contributed by atoms with Crippen LogP contribution >= 0.6 is 0 Å². The Morgan fingerprint density at radius 1 is 1.38 bits per heavy atom. The Morgan fingerprint density at radius 2 is 2.05 bits per heavy atom. The molecule has 0 heterocycles. The molecule has 0 bridgehead atoms. The second-order valence-corrected chi connectivity index (χ2v) is 4.69. The Morgan fingerprint density at radius 3 is 2.52 bits per heavy atom. The molecule has 0 saturated carbocycles. The van der Waals surface area contributed by atoms with Crippen LogP contribution in [0.25, 0.3) is 0 Å². The number of terminal acetylenes is 1. The molecule has 0 aromatic heterocycles. The number of nitrogens with two attached hydrogens (primary N) is 1. The average molecular weight is 302 g/mol. The monoisotopic (exact) mass is 302 g/mol. The molecule has 1 aromatic rings. The predicted octanol–water partition coefficient (Wildman–Crippen LogP) is 3.24. The summed E-state index contributed by atoms with van der Waals surface area (Å²) >= 11 is 0. The van der Waals surface area contributed by atoms with Gasteiger partial charge >= 0.3 is 6.18 Å². The third-order valence-corrected chi connectivity index (χ3v) is 3.11. The zero-order chi connectivity index (χ0) is 16.0. The molecule has 0 saturated heterocycles. The van der Waals surface area contributed by atoms with Crippen LogP contribution < -0.4 is 11.1 Å². The number of alkyl halides is 3. The fourth-order valence-corrected chi connectivity index (χ4v) is 2.11. The Labute approximate surface area is 121 Å². The molecule has 2 unspecified atom stereocenters. The van der Waals surface area contributed by atoms with Gasteiger partial charge in [-0.15, -0.1) is 6.42 Å². The summed E-state index contributed by atoms with van der Waals surface area (Å²) in [6.45, 7) is 1.85. The average Bonchev–Trinajstić information content (AvgIpc) is 2.43. The van der Waals surface area contributed by atoms with E-state index in [1.807, 2.05) is 6.92 Å². The summed E-state index contributed by atoms with van der Waals surface area (Å²) in [5.74, 6) is 1.54. The normalized spacial score (nSPS) is 14.5. The van der Waals surface area contributed by atoms with Gasteiger partial charge in [-0.2, -0.15) is 13.2 Å². The van der Waals surface area contributed by atoms with Gasteiger partial charge in [0, 0.05) is 12.6 Å². The molecule has 0 amide bonds. The molecular weight excluding hydrogens is 284 g/mol. The van der Waals surface area contributed by atoms with Crippen molar-refractivity contribution in [3.63, 3.8) is 0 Å². The third kappa shape index (κ3) is 4.73. The molecule has 2 nitrogen and oxygen atoms in total. The molecule has 3 N–H and O–H groups in total. The van der Waals surface area contributed by atoms with E-state index in [9.17, 15) is 17.6 Å². The summed E-state index contributed by atoms with van der Waals surface area (Å²) in [6.07, 6.45) is 2.11. The van der Waals surface area contributed by atoms with Crippen molar-refractivity contribution in [3.8, 4) is 12.3 Å². The molecule has 6 heteroatoms. The van der Waals surface area contributed by atoms with Gasteiger partial charge in [0.15, 0.2) is 0 Å². The summed E-state index contributed by atoms with van der Waals surface area (Å²) < 4.78 is 52.2. The van der Waals surface area contributed by atoms with E-state index in [0.717, 1.165) is 18.6 Å². The Kier molecular flexibility index (Phi) is 6.19. The lowest BCUT2D eigenvalue weighted by atomic mass is 9.98.